The van der Waals surface area contributed by atoms with Crippen molar-refractivity contribution in [3.8, 4) is 11.5 Å². The van der Waals surface area contributed by atoms with Crippen molar-refractivity contribution >= 4 is 23.5 Å². The highest BCUT2D eigenvalue weighted by Gasteiger charge is 2.24. The Bertz CT molecular complexity index is 1170. The Hall–Kier alpha value is -4.14. The molecule has 0 bridgehead atoms. The molecule has 1 fully saturated rings. The number of carboxylic acids is 1. The fourth-order valence-electron chi connectivity index (χ4n) is 3.95. The number of amides is 1. The van der Waals surface area contributed by atoms with Crippen LogP contribution in [-0.4, -0.2) is 52.8 Å². The molecule has 0 aliphatic carbocycles. The van der Waals surface area contributed by atoms with Gasteiger partial charge in [-0.05, 0) is 49.6 Å². The van der Waals surface area contributed by atoms with Crippen molar-refractivity contribution in [2.75, 3.05) is 29.9 Å². The van der Waals surface area contributed by atoms with Crippen molar-refractivity contribution in [2.45, 2.75) is 32.3 Å². The van der Waals surface area contributed by atoms with Gasteiger partial charge in [-0.3, -0.25) is 14.6 Å². The largest absolute Gasteiger partial charge is 0.490 e. The molecule has 182 valence electrons. The Labute approximate surface area is 203 Å². The second-order valence-corrected chi connectivity index (χ2v) is 8.19. The van der Waals surface area contributed by atoms with Gasteiger partial charge in [0.2, 0.25) is 0 Å². The Balaban J connectivity index is 1.40. The molecule has 1 atom stereocenters. The van der Waals surface area contributed by atoms with Gasteiger partial charge in [-0.15, -0.1) is 0 Å². The molecule has 2 aromatic carbocycles. The Morgan fingerprint density at radius 3 is 2.63 bits per heavy atom. The highest BCUT2D eigenvalue weighted by Crippen LogP contribution is 2.30. The Kier molecular flexibility index (Phi) is 7.77. The first-order valence-corrected chi connectivity index (χ1v) is 11.6. The number of carbonyl (C=O) groups excluding carboxylic acids is 1. The fraction of sp³-hybridized carbons (Fsp3) is 0.308. The third-order valence-corrected chi connectivity index (χ3v) is 5.58. The predicted octanol–water partition coefficient (Wildman–Crippen LogP) is 3.80. The number of anilines is 2. The summed E-state index contributed by atoms with van der Waals surface area (Å²) in [6.07, 6.45) is 4.90. The first-order chi connectivity index (χ1) is 17.0. The predicted molar refractivity (Wildman–Crippen MR) is 131 cm³/mol. The molecule has 0 radical (unpaired) electrons. The standard InChI is InChI=1S/C26H28N4O5/c1-2-34-21-7-3-4-8-22(21)35-20-6-5-13-30(17-20)24-16-27-15-23(28-24)29-26(33)19-11-9-18(10-12-19)14-25(31)32/h3-4,7-12,15-16,20H,2,5-6,13-14,17H2,1H3,(H,31,32)(H,28,29,33). The van der Waals surface area contributed by atoms with Crippen LogP contribution in [-0.2, 0) is 11.2 Å². The van der Waals surface area contributed by atoms with Crippen molar-refractivity contribution in [3.63, 3.8) is 0 Å². The monoisotopic (exact) mass is 476 g/mol. The lowest BCUT2D eigenvalue weighted by molar-refractivity contribution is -0.136. The van der Waals surface area contributed by atoms with Crippen LogP contribution in [0.25, 0.3) is 0 Å². The van der Waals surface area contributed by atoms with E-state index in [1.165, 1.54) is 6.20 Å². The molecular weight excluding hydrogens is 448 g/mol. The number of rotatable bonds is 9. The summed E-state index contributed by atoms with van der Waals surface area (Å²) in [5.74, 6) is 1.19. The van der Waals surface area contributed by atoms with Crippen molar-refractivity contribution in [2.24, 2.45) is 0 Å². The molecule has 0 spiro atoms. The van der Waals surface area contributed by atoms with Crippen molar-refractivity contribution in [1.29, 1.82) is 0 Å². The maximum Gasteiger partial charge on any atom is 0.307 e. The normalized spacial score (nSPS) is 15.3. The number of benzene rings is 2. The molecular formula is C26H28N4O5. The molecule has 3 aromatic rings. The van der Waals surface area contributed by atoms with E-state index in [4.69, 9.17) is 14.6 Å². The summed E-state index contributed by atoms with van der Waals surface area (Å²) in [5, 5.41) is 11.7. The highest BCUT2D eigenvalue weighted by atomic mass is 16.5. The number of para-hydroxylation sites is 2. The molecule has 1 aliphatic heterocycles. The summed E-state index contributed by atoms with van der Waals surface area (Å²) in [6.45, 7) is 3.96. The maximum atomic E-state index is 12.6. The van der Waals surface area contributed by atoms with E-state index in [0.29, 0.717) is 35.9 Å². The van der Waals surface area contributed by atoms with Gasteiger partial charge < -0.3 is 24.8 Å². The molecule has 4 rings (SSSR count). The first-order valence-electron chi connectivity index (χ1n) is 11.6. The van der Waals surface area contributed by atoms with Crippen molar-refractivity contribution in [3.05, 3.63) is 72.1 Å². The van der Waals surface area contributed by atoms with Crippen LogP contribution in [0.5, 0.6) is 11.5 Å². The quantitative estimate of drug-likeness (QED) is 0.479. The van der Waals surface area contributed by atoms with Gasteiger partial charge in [0.25, 0.3) is 5.91 Å². The van der Waals surface area contributed by atoms with Gasteiger partial charge in [-0.25, -0.2) is 4.98 Å². The lowest BCUT2D eigenvalue weighted by Gasteiger charge is -2.33. The highest BCUT2D eigenvalue weighted by molar-refractivity contribution is 6.03. The minimum absolute atomic E-state index is 0.0327. The maximum absolute atomic E-state index is 12.6. The van der Waals surface area contributed by atoms with Crippen LogP contribution >= 0.6 is 0 Å². The van der Waals surface area contributed by atoms with E-state index in [2.05, 4.69) is 20.2 Å². The minimum atomic E-state index is -0.918. The van der Waals surface area contributed by atoms with Gasteiger partial charge in [0.15, 0.2) is 17.3 Å². The number of hydrogen-bond acceptors (Lipinski definition) is 7. The van der Waals surface area contributed by atoms with Crippen LogP contribution in [0.3, 0.4) is 0 Å². The van der Waals surface area contributed by atoms with E-state index < -0.39 is 5.97 Å². The topological polar surface area (TPSA) is 114 Å². The van der Waals surface area contributed by atoms with Gasteiger partial charge in [0, 0.05) is 12.1 Å². The van der Waals surface area contributed by atoms with Crippen LogP contribution in [0.2, 0.25) is 0 Å². The third-order valence-electron chi connectivity index (χ3n) is 5.58. The smallest absolute Gasteiger partial charge is 0.307 e. The molecule has 2 heterocycles. The number of carbonyl (C=O) groups is 2. The number of aliphatic carboxylic acids is 1. The molecule has 9 nitrogen and oxygen atoms in total. The average molecular weight is 477 g/mol. The minimum Gasteiger partial charge on any atom is -0.490 e. The van der Waals surface area contributed by atoms with Crippen LogP contribution in [0.15, 0.2) is 60.9 Å². The van der Waals surface area contributed by atoms with E-state index in [1.54, 1.807) is 30.5 Å². The number of piperidine rings is 1. The zero-order chi connectivity index (χ0) is 24.6. The molecule has 1 unspecified atom stereocenters. The Morgan fingerprint density at radius 2 is 1.89 bits per heavy atom. The zero-order valence-corrected chi connectivity index (χ0v) is 19.5. The summed E-state index contributed by atoms with van der Waals surface area (Å²) in [5.41, 5.74) is 1.03. The SMILES string of the molecule is CCOc1ccccc1OC1CCCN(c2cncc(NC(=O)c3ccc(CC(=O)O)cc3)n2)C1. The van der Waals surface area contributed by atoms with E-state index in [9.17, 15) is 9.59 Å². The zero-order valence-electron chi connectivity index (χ0n) is 19.5. The van der Waals surface area contributed by atoms with E-state index in [-0.39, 0.29) is 18.4 Å². The van der Waals surface area contributed by atoms with E-state index in [0.717, 1.165) is 30.9 Å². The lowest BCUT2D eigenvalue weighted by atomic mass is 10.1. The number of ether oxygens (including phenoxy) is 2. The summed E-state index contributed by atoms with van der Waals surface area (Å²) in [6, 6.07) is 14.1. The van der Waals surface area contributed by atoms with Gasteiger partial charge in [0.1, 0.15) is 11.9 Å². The summed E-state index contributed by atoms with van der Waals surface area (Å²) < 4.78 is 11.9. The summed E-state index contributed by atoms with van der Waals surface area (Å²) in [4.78, 5) is 34.4. The van der Waals surface area contributed by atoms with Crippen molar-refractivity contribution < 1.29 is 24.2 Å². The number of aromatic nitrogens is 2. The van der Waals surface area contributed by atoms with E-state index in [1.807, 2.05) is 31.2 Å². The third kappa shape index (κ3) is 6.47. The van der Waals surface area contributed by atoms with Gasteiger partial charge in [-0.1, -0.05) is 24.3 Å². The van der Waals surface area contributed by atoms with Crippen LogP contribution in [0, 0.1) is 0 Å². The van der Waals surface area contributed by atoms with Gasteiger partial charge >= 0.3 is 5.97 Å². The molecule has 1 aliphatic rings. The number of carboxylic acid groups (broad SMARTS) is 1. The summed E-state index contributed by atoms with van der Waals surface area (Å²) >= 11 is 0. The van der Waals surface area contributed by atoms with Crippen molar-refractivity contribution in [1.82, 2.24) is 9.97 Å². The number of hydrogen-bond donors (Lipinski definition) is 2. The molecule has 9 heteroatoms. The molecule has 2 N–H and O–H groups in total. The van der Waals surface area contributed by atoms with Crippen LogP contribution in [0.4, 0.5) is 11.6 Å². The molecule has 1 saturated heterocycles. The molecule has 35 heavy (non-hydrogen) atoms. The second kappa shape index (κ2) is 11.3. The van der Waals surface area contributed by atoms with Crippen LogP contribution in [0.1, 0.15) is 35.7 Å². The van der Waals surface area contributed by atoms with Gasteiger partial charge in [-0.2, -0.15) is 0 Å². The molecule has 1 aromatic heterocycles. The number of nitrogens with one attached hydrogen (secondary N) is 1. The summed E-state index contributed by atoms with van der Waals surface area (Å²) in [7, 11) is 0. The second-order valence-electron chi connectivity index (χ2n) is 8.19. The number of nitrogens with zero attached hydrogens (tertiary/aromatic N) is 3. The fourth-order valence-corrected chi connectivity index (χ4v) is 3.95. The molecule has 0 saturated carbocycles. The van der Waals surface area contributed by atoms with Crippen LogP contribution < -0.4 is 19.7 Å². The van der Waals surface area contributed by atoms with E-state index >= 15 is 0 Å². The first kappa shape index (κ1) is 24.0. The van der Waals surface area contributed by atoms with Gasteiger partial charge in [0.05, 0.1) is 32.0 Å². The lowest BCUT2D eigenvalue weighted by Crippen LogP contribution is -2.41. The Morgan fingerprint density at radius 1 is 1.11 bits per heavy atom. The average Bonchev–Trinajstić information content (AvgIpc) is 2.86. The molecule has 1 amide bonds.